The first kappa shape index (κ1) is 26.8. The van der Waals surface area contributed by atoms with E-state index in [1.54, 1.807) is 0 Å². The zero-order chi connectivity index (χ0) is 28.1. The van der Waals surface area contributed by atoms with Crippen LogP contribution in [-0.4, -0.2) is 9.97 Å². The molecule has 5 rings (SSSR count). The lowest BCUT2D eigenvalue weighted by Gasteiger charge is -2.44. The van der Waals surface area contributed by atoms with Crippen LogP contribution in [0.3, 0.4) is 0 Å². The van der Waals surface area contributed by atoms with E-state index < -0.39 is 5.41 Å². The second-order valence-electron chi connectivity index (χ2n) is 12.5. The number of H-pyrrole nitrogens is 2. The standard InChI is InChI=1S/C37H42N2/c1-23-19-25(3)34(26(4)20-23)30-15-17-32(38-30)37(36(7,8)9,29-13-11-10-12-14-29)33-18-16-31(39-33)35-27(5)21-24(2)22-28(35)6/h10-22,38-39H,1-9H3. The molecule has 200 valence electrons. The van der Waals surface area contributed by atoms with Crippen LogP contribution >= 0.6 is 0 Å². The van der Waals surface area contributed by atoms with E-state index in [0.717, 1.165) is 0 Å². The molecule has 0 amide bonds. The normalized spacial score (nSPS) is 12.2. The molecular formula is C37H42N2. The molecule has 0 unspecified atom stereocenters. The summed E-state index contributed by atoms with van der Waals surface area (Å²) < 4.78 is 0. The van der Waals surface area contributed by atoms with Gasteiger partial charge in [0.1, 0.15) is 0 Å². The molecule has 0 fully saturated rings. The maximum atomic E-state index is 3.93. The molecular weight excluding hydrogens is 472 g/mol. The molecule has 0 aliphatic carbocycles. The largest absolute Gasteiger partial charge is 0.357 e. The number of hydrogen-bond acceptors (Lipinski definition) is 0. The topological polar surface area (TPSA) is 31.6 Å². The third-order valence-electron chi connectivity index (χ3n) is 8.40. The van der Waals surface area contributed by atoms with Gasteiger partial charge in [-0.05, 0) is 99.0 Å². The summed E-state index contributed by atoms with van der Waals surface area (Å²) in [4.78, 5) is 7.87. The van der Waals surface area contributed by atoms with Gasteiger partial charge in [-0.1, -0.05) is 86.5 Å². The van der Waals surface area contributed by atoms with E-state index >= 15 is 0 Å². The van der Waals surface area contributed by atoms with Crippen molar-refractivity contribution in [2.75, 3.05) is 0 Å². The summed E-state index contributed by atoms with van der Waals surface area (Å²) >= 11 is 0. The molecule has 2 nitrogen and oxygen atoms in total. The monoisotopic (exact) mass is 514 g/mol. The maximum Gasteiger partial charge on any atom is 0.0800 e. The molecule has 3 aromatic carbocycles. The van der Waals surface area contributed by atoms with Gasteiger partial charge in [0.15, 0.2) is 0 Å². The fourth-order valence-corrected chi connectivity index (χ4v) is 7.11. The van der Waals surface area contributed by atoms with Gasteiger partial charge in [-0.2, -0.15) is 0 Å². The summed E-state index contributed by atoms with van der Waals surface area (Å²) in [5.74, 6) is 0. The van der Waals surface area contributed by atoms with Gasteiger partial charge in [0.2, 0.25) is 0 Å². The molecule has 0 bridgehead atoms. The number of nitrogens with one attached hydrogen (secondary N) is 2. The summed E-state index contributed by atoms with van der Waals surface area (Å²) in [6.45, 7) is 20.3. The van der Waals surface area contributed by atoms with Crippen LogP contribution in [0.1, 0.15) is 71.1 Å². The van der Waals surface area contributed by atoms with Crippen molar-refractivity contribution in [1.29, 1.82) is 0 Å². The lowest BCUT2D eigenvalue weighted by atomic mass is 9.59. The third-order valence-corrected chi connectivity index (χ3v) is 8.40. The first-order valence-electron chi connectivity index (χ1n) is 14.0. The van der Waals surface area contributed by atoms with Crippen LogP contribution < -0.4 is 0 Å². The summed E-state index contributed by atoms with van der Waals surface area (Å²) in [7, 11) is 0. The molecule has 0 aliphatic heterocycles. The van der Waals surface area contributed by atoms with Crippen molar-refractivity contribution >= 4 is 0 Å². The average molecular weight is 515 g/mol. The minimum atomic E-state index is -0.427. The van der Waals surface area contributed by atoms with Crippen molar-refractivity contribution in [1.82, 2.24) is 9.97 Å². The lowest BCUT2D eigenvalue weighted by Crippen LogP contribution is -2.43. The molecule has 39 heavy (non-hydrogen) atoms. The molecule has 5 aromatic rings. The van der Waals surface area contributed by atoms with Crippen LogP contribution in [0.4, 0.5) is 0 Å². The number of aromatic amines is 2. The van der Waals surface area contributed by atoms with Crippen molar-refractivity contribution < 1.29 is 0 Å². The van der Waals surface area contributed by atoms with Gasteiger partial charge in [0, 0.05) is 33.9 Å². The Morgan fingerprint density at radius 3 is 1.23 bits per heavy atom. The molecule has 2 aromatic heterocycles. The second-order valence-corrected chi connectivity index (χ2v) is 12.5. The van der Waals surface area contributed by atoms with E-state index in [-0.39, 0.29) is 5.41 Å². The van der Waals surface area contributed by atoms with E-state index in [1.807, 2.05) is 0 Å². The minimum Gasteiger partial charge on any atom is -0.357 e. The first-order valence-corrected chi connectivity index (χ1v) is 14.0. The molecule has 0 radical (unpaired) electrons. The van der Waals surface area contributed by atoms with Crippen molar-refractivity contribution in [3.63, 3.8) is 0 Å². The second kappa shape index (κ2) is 9.75. The molecule has 0 atom stereocenters. The number of hydrogen-bond donors (Lipinski definition) is 2. The Morgan fingerprint density at radius 1 is 0.487 bits per heavy atom. The molecule has 0 saturated heterocycles. The molecule has 0 saturated carbocycles. The molecule has 0 aliphatic rings. The van der Waals surface area contributed by atoms with Crippen molar-refractivity contribution in [2.24, 2.45) is 5.41 Å². The summed E-state index contributed by atoms with van der Waals surface area (Å²) in [5.41, 5.74) is 15.8. The summed E-state index contributed by atoms with van der Waals surface area (Å²) in [6.07, 6.45) is 0. The van der Waals surface area contributed by atoms with Crippen LogP contribution in [-0.2, 0) is 5.41 Å². The predicted octanol–water partition coefficient (Wildman–Crippen LogP) is 9.91. The van der Waals surface area contributed by atoms with E-state index in [4.69, 9.17) is 0 Å². The van der Waals surface area contributed by atoms with Crippen molar-refractivity contribution in [3.8, 4) is 22.5 Å². The molecule has 0 spiro atoms. The highest BCUT2D eigenvalue weighted by Crippen LogP contribution is 2.52. The number of rotatable bonds is 5. The fraction of sp³-hybridized carbons (Fsp3) is 0.297. The Hall–Kier alpha value is -3.78. The first-order chi connectivity index (χ1) is 18.4. The molecule has 2 heteroatoms. The van der Waals surface area contributed by atoms with Crippen LogP contribution in [0, 0.1) is 47.0 Å². The number of benzene rings is 3. The van der Waals surface area contributed by atoms with Crippen LogP contribution in [0.2, 0.25) is 0 Å². The predicted molar refractivity (Wildman–Crippen MR) is 167 cm³/mol. The highest BCUT2D eigenvalue weighted by molar-refractivity contribution is 5.71. The fourth-order valence-electron chi connectivity index (χ4n) is 7.11. The van der Waals surface area contributed by atoms with Crippen molar-refractivity contribution in [2.45, 2.75) is 67.7 Å². The van der Waals surface area contributed by atoms with Gasteiger partial charge < -0.3 is 9.97 Å². The Balaban J connectivity index is 1.77. The Morgan fingerprint density at radius 2 is 0.872 bits per heavy atom. The van der Waals surface area contributed by atoms with Crippen LogP contribution in [0.15, 0.2) is 78.9 Å². The van der Waals surface area contributed by atoms with Crippen LogP contribution in [0.25, 0.3) is 22.5 Å². The zero-order valence-corrected chi connectivity index (χ0v) is 25.0. The Labute approximate surface area is 234 Å². The average Bonchev–Trinajstić information content (AvgIpc) is 3.49. The third kappa shape index (κ3) is 4.46. The van der Waals surface area contributed by atoms with Gasteiger partial charge >= 0.3 is 0 Å². The van der Waals surface area contributed by atoms with E-state index in [2.05, 4.69) is 151 Å². The van der Waals surface area contributed by atoms with E-state index in [0.29, 0.717) is 0 Å². The minimum absolute atomic E-state index is 0.146. The summed E-state index contributed by atoms with van der Waals surface area (Å²) in [5, 5.41) is 0. The van der Waals surface area contributed by atoms with E-state index in [1.165, 1.54) is 72.8 Å². The van der Waals surface area contributed by atoms with Crippen LogP contribution in [0.5, 0.6) is 0 Å². The SMILES string of the molecule is Cc1cc(C)c(-c2ccc(C(c3ccccc3)(c3ccc(-c4c(C)cc(C)cc4C)[nH]3)C(C)(C)C)[nH]2)c(C)c1. The smallest absolute Gasteiger partial charge is 0.0800 e. The van der Waals surface area contributed by atoms with Gasteiger partial charge in [-0.3, -0.25) is 0 Å². The molecule has 2 N–H and O–H groups in total. The lowest BCUT2D eigenvalue weighted by molar-refractivity contribution is 0.262. The number of aryl methyl sites for hydroxylation is 6. The number of aromatic nitrogens is 2. The zero-order valence-electron chi connectivity index (χ0n) is 25.0. The summed E-state index contributed by atoms with van der Waals surface area (Å²) in [6, 6.07) is 29.2. The highest BCUT2D eigenvalue weighted by atomic mass is 14.8. The van der Waals surface area contributed by atoms with Gasteiger partial charge in [-0.15, -0.1) is 0 Å². The Kier molecular flexibility index (Phi) is 6.71. The van der Waals surface area contributed by atoms with Gasteiger partial charge in [0.05, 0.1) is 5.41 Å². The van der Waals surface area contributed by atoms with Crippen molar-refractivity contribution in [3.05, 3.63) is 129 Å². The molecule has 2 heterocycles. The maximum absolute atomic E-state index is 3.93. The van der Waals surface area contributed by atoms with Gasteiger partial charge in [0.25, 0.3) is 0 Å². The van der Waals surface area contributed by atoms with E-state index in [9.17, 15) is 0 Å². The Bertz CT molecular complexity index is 1490. The van der Waals surface area contributed by atoms with Gasteiger partial charge in [-0.25, -0.2) is 0 Å². The quantitative estimate of drug-likeness (QED) is 0.234. The highest BCUT2D eigenvalue weighted by Gasteiger charge is 2.48.